The molecule has 0 aliphatic heterocycles. The highest BCUT2D eigenvalue weighted by atomic mass is 16.6. The lowest BCUT2D eigenvalue weighted by Crippen LogP contribution is -2.27. The van der Waals surface area contributed by atoms with Crippen LogP contribution in [0.4, 0.5) is 16.2 Å². The highest BCUT2D eigenvalue weighted by Crippen LogP contribution is 2.14. The maximum Gasteiger partial charge on any atom is 0.412 e. The van der Waals surface area contributed by atoms with Crippen molar-refractivity contribution in [2.45, 2.75) is 32.9 Å². The van der Waals surface area contributed by atoms with Gasteiger partial charge in [0.15, 0.2) is 0 Å². The molecule has 112 valence electrons. The third-order valence-corrected chi connectivity index (χ3v) is 2.57. The molecule has 2 aromatic rings. The van der Waals surface area contributed by atoms with E-state index in [1.165, 1.54) is 0 Å². The number of nitrogens with one attached hydrogen (secondary N) is 1. The average Bonchev–Trinajstić information content (AvgIpc) is 2.72. The van der Waals surface area contributed by atoms with Gasteiger partial charge in [-0.05, 0) is 38.5 Å². The van der Waals surface area contributed by atoms with Crippen molar-refractivity contribution in [2.75, 3.05) is 11.1 Å². The van der Waals surface area contributed by atoms with Crippen LogP contribution in [0.15, 0.2) is 36.7 Å². The molecule has 0 saturated heterocycles. The topological polar surface area (TPSA) is 82.2 Å². The Morgan fingerprint density at radius 3 is 2.81 bits per heavy atom. The normalized spacial score (nSPS) is 11.2. The number of aromatic nitrogens is 2. The zero-order chi connectivity index (χ0) is 15.5. The van der Waals surface area contributed by atoms with Gasteiger partial charge < -0.3 is 10.5 Å². The summed E-state index contributed by atoms with van der Waals surface area (Å²) in [5.74, 6) is 0. The monoisotopic (exact) mass is 288 g/mol. The molecule has 0 atom stereocenters. The summed E-state index contributed by atoms with van der Waals surface area (Å²) < 4.78 is 6.96. The van der Waals surface area contributed by atoms with Gasteiger partial charge in [0.2, 0.25) is 0 Å². The summed E-state index contributed by atoms with van der Waals surface area (Å²) in [6.45, 7) is 6.06. The summed E-state index contributed by atoms with van der Waals surface area (Å²) in [5.41, 5.74) is 7.42. The van der Waals surface area contributed by atoms with Crippen molar-refractivity contribution in [2.24, 2.45) is 0 Å². The van der Waals surface area contributed by atoms with E-state index >= 15 is 0 Å². The number of nitrogen functional groups attached to an aromatic ring is 1. The third kappa shape index (κ3) is 4.83. The van der Waals surface area contributed by atoms with Crippen LogP contribution in [-0.4, -0.2) is 21.5 Å². The molecule has 0 spiro atoms. The Hall–Kier alpha value is -2.50. The van der Waals surface area contributed by atoms with E-state index in [-0.39, 0.29) is 0 Å². The van der Waals surface area contributed by atoms with Gasteiger partial charge in [-0.2, -0.15) is 5.10 Å². The second-order valence-electron chi connectivity index (χ2n) is 5.80. The number of carbonyl (C=O) groups excluding carboxylic acids is 1. The van der Waals surface area contributed by atoms with Gasteiger partial charge in [-0.3, -0.25) is 10.00 Å². The van der Waals surface area contributed by atoms with Gasteiger partial charge in [0.1, 0.15) is 5.60 Å². The number of ether oxygens (including phenoxy) is 1. The Balaban J connectivity index is 2.02. The van der Waals surface area contributed by atoms with Crippen molar-refractivity contribution in [1.82, 2.24) is 9.78 Å². The van der Waals surface area contributed by atoms with Crippen molar-refractivity contribution < 1.29 is 9.53 Å². The highest BCUT2D eigenvalue weighted by molar-refractivity contribution is 5.84. The van der Waals surface area contributed by atoms with E-state index in [1.807, 2.05) is 45.0 Å². The molecule has 6 heteroatoms. The summed E-state index contributed by atoms with van der Waals surface area (Å²) >= 11 is 0. The number of benzene rings is 1. The molecule has 0 radical (unpaired) electrons. The maximum absolute atomic E-state index is 11.7. The first kappa shape index (κ1) is 14.9. The van der Waals surface area contributed by atoms with Gasteiger partial charge in [0.05, 0.1) is 18.4 Å². The summed E-state index contributed by atoms with van der Waals surface area (Å²) in [5, 5.41) is 6.84. The molecule has 1 heterocycles. The Labute approximate surface area is 123 Å². The van der Waals surface area contributed by atoms with Gasteiger partial charge in [-0.15, -0.1) is 0 Å². The summed E-state index contributed by atoms with van der Waals surface area (Å²) in [6.07, 6.45) is 2.89. The average molecular weight is 288 g/mol. The van der Waals surface area contributed by atoms with E-state index < -0.39 is 11.7 Å². The molecule has 0 unspecified atom stereocenters. The molecular formula is C15H20N4O2. The molecule has 0 fully saturated rings. The highest BCUT2D eigenvalue weighted by Gasteiger charge is 2.16. The van der Waals surface area contributed by atoms with E-state index in [1.54, 1.807) is 17.1 Å². The van der Waals surface area contributed by atoms with E-state index in [9.17, 15) is 4.79 Å². The Kier molecular flexibility index (Phi) is 4.16. The van der Waals surface area contributed by atoms with E-state index in [4.69, 9.17) is 10.5 Å². The lowest BCUT2D eigenvalue weighted by Gasteiger charge is -2.19. The minimum atomic E-state index is -0.520. The molecule has 6 nitrogen and oxygen atoms in total. The second kappa shape index (κ2) is 5.87. The van der Waals surface area contributed by atoms with E-state index in [0.29, 0.717) is 17.9 Å². The first-order chi connectivity index (χ1) is 9.82. The van der Waals surface area contributed by atoms with Crippen molar-refractivity contribution in [3.63, 3.8) is 0 Å². The van der Waals surface area contributed by atoms with E-state index in [0.717, 1.165) is 5.56 Å². The predicted octanol–water partition coefficient (Wildman–Crippen LogP) is 2.86. The van der Waals surface area contributed by atoms with Gasteiger partial charge in [-0.25, -0.2) is 4.79 Å². The van der Waals surface area contributed by atoms with Gasteiger partial charge in [0, 0.05) is 11.9 Å². The number of nitrogens with zero attached hydrogens (tertiary/aromatic N) is 2. The van der Waals surface area contributed by atoms with Crippen molar-refractivity contribution >= 4 is 17.5 Å². The first-order valence-electron chi connectivity index (χ1n) is 6.69. The van der Waals surface area contributed by atoms with Crippen LogP contribution in [0.5, 0.6) is 0 Å². The minimum absolute atomic E-state index is 0.469. The zero-order valence-corrected chi connectivity index (χ0v) is 12.5. The zero-order valence-electron chi connectivity index (χ0n) is 12.5. The van der Waals surface area contributed by atoms with Crippen LogP contribution in [0.2, 0.25) is 0 Å². The Morgan fingerprint density at radius 2 is 2.19 bits per heavy atom. The Morgan fingerprint density at radius 1 is 1.43 bits per heavy atom. The lowest BCUT2D eigenvalue weighted by atomic mass is 10.2. The number of carbonyl (C=O) groups is 1. The van der Waals surface area contributed by atoms with Crippen LogP contribution in [0.3, 0.4) is 0 Å². The van der Waals surface area contributed by atoms with Crippen LogP contribution >= 0.6 is 0 Å². The van der Waals surface area contributed by atoms with Crippen LogP contribution in [0, 0.1) is 0 Å². The van der Waals surface area contributed by atoms with Crippen molar-refractivity contribution in [3.05, 3.63) is 42.2 Å². The quantitative estimate of drug-likeness (QED) is 0.909. The van der Waals surface area contributed by atoms with Crippen molar-refractivity contribution in [3.8, 4) is 0 Å². The molecule has 0 aliphatic rings. The molecular weight excluding hydrogens is 268 g/mol. The van der Waals surface area contributed by atoms with Crippen molar-refractivity contribution in [1.29, 1.82) is 0 Å². The SMILES string of the molecule is CC(C)(C)OC(=O)Nc1cccc(Cn2cc(N)cn2)c1. The molecule has 21 heavy (non-hydrogen) atoms. The number of hydrogen-bond acceptors (Lipinski definition) is 4. The van der Waals surface area contributed by atoms with Crippen LogP contribution in [0.1, 0.15) is 26.3 Å². The number of amides is 1. The lowest BCUT2D eigenvalue weighted by molar-refractivity contribution is 0.0636. The molecule has 1 aromatic carbocycles. The van der Waals surface area contributed by atoms with E-state index in [2.05, 4.69) is 10.4 Å². The second-order valence-corrected chi connectivity index (χ2v) is 5.80. The fourth-order valence-corrected chi connectivity index (χ4v) is 1.82. The number of hydrogen-bond donors (Lipinski definition) is 2. The fraction of sp³-hybridized carbons (Fsp3) is 0.333. The van der Waals surface area contributed by atoms with Gasteiger partial charge >= 0.3 is 6.09 Å². The van der Waals surface area contributed by atoms with Crippen LogP contribution in [-0.2, 0) is 11.3 Å². The molecule has 1 amide bonds. The fourth-order valence-electron chi connectivity index (χ4n) is 1.82. The largest absolute Gasteiger partial charge is 0.444 e. The molecule has 0 bridgehead atoms. The molecule has 3 N–H and O–H groups in total. The number of rotatable bonds is 3. The number of nitrogens with two attached hydrogens (primary N) is 1. The molecule has 2 rings (SSSR count). The van der Waals surface area contributed by atoms with Crippen LogP contribution < -0.4 is 11.1 Å². The predicted molar refractivity (Wildman–Crippen MR) is 82.0 cm³/mol. The first-order valence-corrected chi connectivity index (χ1v) is 6.69. The Bertz CT molecular complexity index is 629. The van der Waals surface area contributed by atoms with Crippen LogP contribution in [0.25, 0.3) is 0 Å². The standard InChI is InChI=1S/C15H20N4O2/c1-15(2,3)21-14(20)18-13-6-4-5-11(7-13)9-19-10-12(16)8-17-19/h4-8,10H,9,16H2,1-3H3,(H,18,20). The molecule has 0 aliphatic carbocycles. The maximum atomic E-state index is 11.7. The van der Waals surface area contributed by atoms with Gasteiger partial charge in [-0.1, -0.05) is 12.1 Å². The summed E-state index contributed by atoms with van der Waals surface area (Å²) in [4.78, 5) is 11.7. The molecule has 1 aromatic heterocycles. The summed E-state index contributed by atoms with van der Waals surface area (Å²) in [6, 6.07) is 7.51. The van der Waals surface area contributed by atoms with Gasteiger partial charge in [0.25, 0.3) is 0 Å². The molecule has 0 saturated carbocycles. The minimum Gasteiger partial charge on any atom is -0.444 e. The summed E-state index contributed by atoms with van der Waals surface area (Å²) in [7, 11) is 0. The third-order valence-electron chi connectivity index (χ3n) is 2.57. The smallest absolute Gasteiger partial charge is 0.412 e. The number of anilines is 2.